The SMILES string of the molecule is CC(C)Oc1ccc(CCCN2CC[C@H](O)C2)cc1. The Balaban J connectivity index is 1.71. The van der Waals surface area contributed by atoms with Gasteiger partial charge >= 0.3 is 0 Å². The summed E-state index contributed by atoms with van der Waals surface area (Å²) in [6.07, 6.45) is 3.30. The number of nitrogens with zero attached hydrogens (tertiary/aromatic N) is 1. The number of aliphatic hydroxyl groups excluding tert-OH is 1. The van der Waals surface area contributed by atoms with E-state index in [1.54, 1.807) is 0 Å². The van der Waals surface area contributed by atoms with Gasteiger partial charge < -0.3 is 14.7 Å². The van der Waals surface area contributed by atoms with E-state index in [0.717, 1.165) is 44.6 Å². The van der Waals surface area contributed by atoms with Crippen LogP contribution in [-0.4, -0.2) is 41.8 Å². The van der Waals surface area contributed by atoms with E-state index in [2.05, 4.69) is 29.2 Å². The Bertz CT molecular complexity index is 375. The largest absolute Gasteiger partial charge is 0.491 e. The molecule has 106 valence electrons. The van der Waals surface area contributed by atoms with Crippen molar-refractivity contribution in [3.05, 3.63) is 29.8 Å². The minimum absolute atomic E-state index is 0.104. The van der Waals surface area contributed by atoms with Crippen molar-refractivity contribution in [3.63, 3.8) is 0 Å². The Kier molecular flexibility index (Phi) is 5.23. The number of likely N-dealkylation sites (tertiary alicyclic amines) is 1. The molecule has 0 unspecified atom stereocenters. The molecule has 1 aromatic carbocycles. The summed E-state index contributed by atoms with van der Waals surface area (Å²) < 4.78 is 5.63. The maximum atomic E-state index is 9.46. The summed E-state index contributed by atoms with van der Waals surface area (Å²) in [4.78, 5) is 2.35. The fourth-order valence-corrected chi connectivity index (χ4v) is 2.53. The van der Waals surface area contributed by atoms with Crippen molar-refractivity contribution >= 4 is 0 Å². The predicted molar refractivity (Wildman–Crippen MR) is 77.6 cm³/mol. The van der Waals surface area contributed by atoms with E-state index in [0.29, 0.717) is 0 Å². The van der Waals surface area contributed by atoms with Crippen molar-refractivity contribution < 1.29 is 9.84 Å². The van der Waals surface area contributed by atoms with Crippen LogP contribution in [0.15, 0.2) is 24.3 Å². The van der Waals surface area contributed by atoms with Crippen LogP contribution in [-0.2, 0) is 6.42 Å². The summed E-state index contributed by atoms with van der Waals surface area (Å²) >= 11 is 0. The zero-order chi connectivity index (χ0) is 13.7. The van der Waals surface area contributed by atoms with Crippen molar-refractivity contribution in [2.45, 2.75) is 45.3 Å². The molecule has 19 heavy (non-hydrogen) atoms. The predicted octanol–water partition coefficient (Wildman–Crippen LogP) is 2.47. The van der Waals surface area contributed by atoms with E-state index in [9.17, 15) is 5.11 Å². The van der Waals surface area contributed by atoms with Crippen molar-refractivity contribution in [3.8, 4) is 5.75 Å². The lowest BCUT2D eigenvalue weighted by molar-refractivity contribution is 0.176. The van der Waals surface area contributed by atoms with Crippen molar-refractivity contribution in [2.24, 2.45) is 0 Å². The van der Waals surface area contributed by atoms with Crippen LogP contribution in [0.2, 0.25) is 0 Å². The summed E-state index contributed by atoms with van der Waals surface area (Å²) in [6.45, 7) is 7.06. The molecule has 1 saturated heterocycles. The second kappa shape index (κ2) is 6.92. The van der Waals surface area contributed by atoms with E-state index < -0.39 is 0 Å². The quantitative estimate of drug-likeness (QED) is 0.856. The van der Waals surface area contributed by atoms with Gasteiger partial charge in [0.15, 0.2) is 0 Å². The van der Waals surface area contributed by atoms with Gasteiger partial charge in [-0.3, -0.25) is 0 Å². The first kappa shape index (κ1) is 14.4. The average Bonchev–Trinajstić information content (AvgIpc) is 2.77. The molecule has 1 atom stereocenters. The molecule has 1 aromatic rings. The molecule has 0 bridgehead atoms. The topological polar surface area (TPSA) is 32.7 Å². The van der Waals surface area contributed by atoms with Crippen LogP contribution in [0.5, 0.6) is 5.75 Å². The van der Waals surface area contributed by atoms with Crippen molar-refractivity contribution in [1.29, 1.82) is 0 Å². The van der Waals surface area contributed by atoms with Crippen LogP contribution < -0.4 is 4.74 Å². The van der Waals surface area contributed by atoms with Gasteiger partial charge in [0, 0.05) is 13.1 Å². The molecule has 2 rings (SSSR count). The molecule has 1 fully saturated rings. The lowest BCUT2D eigenvalue weighted by Crippen LogP contribution is -2.23. The highest BCUT2D eigenvalue weighted by molar-refractivity contribution is 5.27. The summed E-state index contributed by atoms with van der Waals surface area (Å²) in [6, 6.07) is 8.40. The van der Waals surface area contributed by atoms with Gasteiger partial charge in [-0.25, -0.2) is 0 Å². The molecule has 3 heteroatoms. The molecular formula is C16H25NO2. The zero-order valence-electron chi connectivity index (χ0n) is 12.0. The van der Waals surface area contributed by atoms with Gasteiger partial charge in [-0.05, 0) is 57.4 Å². The Morgan fingerprint density at radius 1 is 1.32 bits per heavy atom. The number of rotatable bonds is 6. The molecule has 0 radical (unpaired) electrons. The molecule has 0 aromatic heterocycles. The van der Waals surface area contributed by atoms with Gasteiger partial charge in [-0.15, -0.1) is 0 Å². The van der Waals surface area contributed by atoms with Crippen LogP contribution in [0.25, 0.3) is 0 Å². The lowest BCUT2D eigenvalue weighted by atomic mass is 10.1. The highest BCUT2D eigenvalue weighted by Crippen LogP contribution is 2.15. The zero-order valence-corrected chi connectivity index (χ0v) is 12.0. The van der Waals surface area contributed by atoms with Gasteiger partial charge in [0.05, 0.1) is 12.2 Å². The normalized spacial score (nSPS) is 20.1. The van der Waals surface area contributed by atoms with Gasteiger partial charge in [0.2, 0.25) is 0 Å². The first-order valence-electron chi connectivity index (χ1n) is 7.29. The minimum Gasteiger partial charge on any atom is -0.491 e. The number of benzene rings is 1. The molecule has 1 N–H and O–H groups in total. The molecule has 0 saturated carbocycles. The number of ether oxygens (including phenoxy) is 1. The maximum Gasteiger partial charge on any atom is 0.119 e. The van der Waals surface area contributed by atoms with E-state index in [4.69, 9.17) is 4.74 Å². The summed E-state index contributed by atoms with van der Waals surface area (Å²) in [7, 11) is 0. The Morgan fingerprint density at radius 2 is 2.05 bits per heavy atom. The molecule has 3 nitrogen and oxygen atoms in total. The third-order valence-corrected chi connectivity index (χ3v) is 3.48. The number of β-amino-alcohol motifs (C(OH)–C–C–N with tert-alkyl or cyclic N) is 1. The van der Waals surface area contributed by atoms with Gasteiger partial charge in [-0.1, -0.05) is 12.1 Å². The third kappa shape index (κ3) is 4.84. The van der Waals surface area contributed by atoms with E-state index in [1.807, 2.05) is 13.8 Å². The molecule has 1 heterocycles. The molecule has 0 amide bonds. The Labute approximate surface area is 116 Å². The number of aliphatic hydroxyl groups is 1. The first-order valence-corrected chi connectivity index (χ1v) is 7.29. The van der Waals surface area contributed by atoms with Gasteiger partial charge in [0.25, 0.3) is 0 Å². The Hall–Kier alpha value is -1.06. The van der Waals surface area contributed by atoms with E-state index in [1.165, 1.54) is 5.56 Å². The number of hydrogen-bond donors (Lipinski definition) is 1. The Morgan fingerprint density at radius 3 is 2.63 bits per heavy atom. The lowest BCUT2D eigenvalue weighted by Gasteiger charge is -2.14. The minimum atomic E-state index is -0.104. The van der Waals surface area contributed by atoms with Crippen LogP contribution >= 0.6 is 0 Å². The summed E-state index contributed by atoms with van der Waals surface area (Å²) in [5, 5.41) is 9.46. The van der Waals surface area contributed by atoms with E-state index >= 15 is 0 Å². The molecule has 1 aliphatic heterocycles. The van der Waals surface area contributed by atoms with Crippen LogP contribution in [0.3, 0.4) is 0 Å². The van der Waals surface area contributed by atoms with Gasteiger partial charge in [-0.2, -0.15) is 0 Å². The standard InChI is InChI=1S/C16H25NO2/c1-13(2)19-16-7-5-14(6-8-16)4-3-10-17-11-9-15(18)12-17/h5-8,13,15,18H,3-4,9-12H2,1-2H3/t15-/m0/s1. The monoisotopic (exact) mass is 263 g/mol. The van der Waals surface area contributed by atoms with Crippen molar-refractivity contribution in [1.82, 2.24) is 4.90 Å². The highest BCUT2D eigenvalue weighted by Gasteiger charge is 2.18. The average molecular weight is 263 g/mol. The maximum absolute atomic E-state index is 9.46. The summed E-state index contributed by atoms with van der Waals surface area (Å²) in [5.74, 6) is 0.946. The molecular weight excluding hydrogens is 238 g/mol. The van der Waals surface area contributed by atoms with Crippen molar-refractivity contribution in [2.75, 3.05) is 19.6 Å². The second-order valence-electron chi connectivity index (χ2n) is 5.66. The van der Waals surface area contributed by atoms with Crippen LogP contribution in [0.4, 0.5) is 0 Å². The summed E-state index contributed by atoms with van der Waals surface area (Å²) in [5.41, 5.74) is 1.36. The molecule has 0 aliphatic carbocycles. The van der Waals surface area contributed by atoms with Crippen LogP contribution in [0.1, 0.15) is 32.3 Å². The fraction of sp³-hybridized carbons (Fsp3) is 0.625. The fourth-order valence-electron chi connectivity index (χ4n) is 2.53. The van der Waals surface area contributed by atoms with Crippen LogP contribution in [0, 0.1) is 0 Å². The van der Waals surface area contributed by atoms with Gasteiger partial charge in [0.1, 0.15) is 5.75 Å². The number of hydrogen-bond acceptors (Lipinski definition) is 3. The molecule has 0 spiro atoms. The smallest absolute Gasteiger partial charge is 0.119 e. The number of aryl methyl sites for hydroxylation is 1. The second-order valence-corrected chi connectivity index (χ2v) is 5.66. The molecule has 1 aliphatic rings. The van der Waals surface area contributed by atoms with E-state index in [-0.39, 0.29) is 12.2 Å². The third-order valence-electron chi connectivity index (χ3n) is 3.48. The first-order chi connectivity index (χ1) is 9.13. The highest BCUT2D eigenvalue weighted by atomic mass is 16.5.